The van der Waals surface area contributed by atoms with E-state index in [-0.39, 0.29) is 12.5 Å². The summed E-state index contributed by atoms with van der Waals surface area (Å²) in [6.07, 6.45) is 6.21. The van der Waals surface area contributed by atoms with Crippen molar-refractivity contribution in [3.63, 3.8) is 0 Å². The average molecular weight is 526 g/mol. The standard InChI is InChI=1S/C31H35N5O3/c1-22(37)35-14-11-27(12-15-35)36-16-10-25-18-32-30(33-31(25)36)24-7-4-8-29(17-24)39-21-28(38)20-34-13-9-23-5-2-3-6-26(23)19-34/h2-8,10,16-18,27-28,38H,9,11-15,19-21H2,1H3. The Hall–Kier alpha value is -3.75. The second kappa shape index (κ2) is 11.2. The number of rotatable bonds is 7. The maximum atomic E-state index is 11.7. The number of piperidine rings is 1. The molecule has 1 atom stereocenters. The van der Waals surface area contributed by atoms with Crippen LogP contribution in [0.1, 0.15) is 36.9 Å². The van der Waals surface area contributed by atoms with Crippen LogP contribution in [0.4, 0.5) is 0 Å². The minimum atomic E-state index is -0.579. The molecule has 0 spiro atoms. The molecule has 8 heteroatoms. The molecule has 2 aliphatic rings. The Morgan fingerprint density at radius 1 is 1.08 bits per heavy atom. The Bertz CT molecular complexity index is 1460. The highest BCUT2D eigenvalue weighted by molar-refractivity contribution is 5.78. The van der Waals surface area contributed by atoms with E-state index < -0.39 is 6.10 Å². The Balaban J connectivity index is 1.10. The number of aliphatic hydroxyl groups excluding tert-OH is 1. The zero-order valence-corrected chi connectivity index (χ0v) is 22.4. The van der Waals surface area contributed by atoms with Gasteiger partial charge in [-0.3, -0.25) is 9.69 Å². The quantitative estimate of drug-likeness (QED) is 0.392. The van der Waals surface area contributed by atoms with Gasteiger partial charge >= 0.3 is 0 Å². The summed E-state index contributed by atoms with van der Waals surface area (Å²) in [5.74, 6) is 1.47. The lowest BCUT2D eigenvalue weighted by atomic mass is 10.00. The van der Waals surface area contributed by atoms with Crippen molar-refractivity contribution >= 4 is 16.9 Å². The van der Waals surface area contributed by atoms with Crippen LogP contribution in [0.2, 0.25) is 0 Å². The van der Waals surface area contributed by atoms with Gasteiger partial charge in [-0.25, -0.2) is 9.97 Å². The molecule has 6 rings (SSSR count). The highest BCUT2D eigenvalue weighted by atomic mass is 16.5. The largest absolute Gasteiger partial charge is 0.491 e. The van der Waals surface area contributed by atoms with Gasteiger partial charge in [0, 0.05) is 69.0 Å². The second-order valence-electron chi connectivity index (χ2n) is 10.7. The van der Waals surface area contributed by atoms with Gasteiger partial charge in [-0.1, -0.05) is 36.4 Å². The van der Waals surface area contributed by atoms with Gasteiger partial charge < -0.3 is 19.3 Å². The van der Waals surface area contributed by atoms with Crippen molar-refractivity contribution < 1.29 is 14.6 Å². The van der Waals surface area contributed by atoms with Gasteiger partial charge in [0.25, 0.3) is 0 Å². The van der Waals surface area contributed by atoms with Gasteiger partial charge in [-0.15, -0.1) is 0 Å². The van der Waals surface area contributed by atoms with Crippen LogP contribution in [-0.2, 0) is 17.8 Å². The zero-order chi connectivity index (χ0) is 26.8. The van der Waals surface area contributed by atoms with Crippen LogP contribution >= 0.6 is 0 Å². The number of hydrogen-bond acceptors (Lipinski definition) is 6. The molecule has 0 radical (unpaired) electrons. The van der Waals surface area contributed by atoms with Gasteiger partial charge in [0.15, 0.2) is 5.82 Å². The summed E-state index contributed by atoms with van der Waals surface area (Å²) in [6.45, 7) is 5.79. The Kier molecular flexibility index (Phi) is 7.30. The third kappa shape index (κ3) is 5.67. The van der Waals surface area contributed by atoms with E-state index in [1.54, 1.807) is 6.92 Å². The van der Waals surface area contributed by atoms with E-state index in [1.165, 1.54) is 11.1 Å². The van der Waals surface area contributed by atoms with Crippen molar-refractivity contribution in [1.29, 1.82) is 0 Å². The van der Waals surface area contributed by atoms with Crippen LogP contribution in [0.15, 0.2) is 67.0 Å². The number of benzene rings is 2. The first-order chi connectivity index (χ1) is 19.0. The summed E-state index contributed by atoms with van der Waals surface area (Å²) in [7, 11) is 0. The minimum absolute atomic E-state index is 0.141. The van der Waals surface area contributed by atoms with E-state index in [4.69, 9.17) is 9.72 Å². The molecular formula is C31H35N5O3. The van der Waals surface area contributed by atoms with Gasteiger partial charge in [0.2, 0.25) is 5.91 Å². The lowest BCUT2D eigenvalue weighted by molar-refractivity contribution is -0.130. The molecular weight excluding hydrogens is 490 g/mol. The Labute approximate surface area is 228 Å². The predicted molar refractivity (Wildman–Crippen MR) is 150 cm³/mol. The molecule has 2 aromatic carbocycles. The van der Waals surface area contributed by atoms with Crippen molar-refractivity contribution in [2.75, 3.05) is 32.8 Å². The molecule has 1 saturated heterocycles. The van der Waals surface area contributed by atoms with E-state index in [0.29, 0.717) is 24.2 Å². The topological polar surface area (TPSA) is 83.7 Å². The molecule has 1 N–H and O–H groups in total. The molecule has 4 heterocycles. The Morgan fingerprint density at radius 3 is 2.72 bits per heavy atom. The van der Waals surface area contributed by atoms with Gasteiger partial charge in [-0.05, 0) is 48.6 Å². The van der Waals surface area contributed by atoms with Gasteiger partial charge in [0.1, 0.15) is 24.1 Å². The van der Waals surface area contributed by atoms with Crippen molar-refractivity contribution in [3.8, 4) is 17.1 Å². The smallest absolute Gasteiger partial charge is 0.219 e. The van der Waals surface area contributed by atoms with Crippen molar-refractivity contribution in [2.45, 2.75) is 44.9 Å². The number of aliphatic hydroxyl groups is 1. The molecule has 1 fully saturated rings. The van der Waals surface area contributed by atoms with Crippen LogP contribution in [0.5, 0.6) is 5.75 Å². The van der Waals surface area contributed by atoms with E-state index in [0.717, 1.165) is 62.0 Å². The van der Waals surface area contributed by atoms with Crippen LogP contribution in [0, 0.1) is 0 Å². The SMILES string of the molecule is CC(=O)N1CCC(n2ccc3cnc(-c4cccc(OCC(O)CN5CCc6ccccc6C5)c4)nc32)CC1. The van der Waals surface area contributed by atoms with E-state index in [1.807, 2.05) is 35.4 Å². The van der Waals surface area contributed by atoms with E-state index >= 15 is 0 Å². The van der Waals surface area contributed by atoms with Gasteiger partial charge in [-0.2, -0.15) is 0 Å². The summed E-state index contributed by atoms with van der Waals surface area (Å²) in [4.78, 5) is 25.5. The second-order valence-corrected chi connectivity index (χ2v) is 10.7. The number of ether oxygens (including phenoxy) is 1. The fraction of sp³-hybridized carbons (Fsp3) is 0.387. The maximum Gasteiger partial charge on any atom is 0.219 e. The number of amides is 1. The molecule has 39 heavy (non-hydrogen) atoms. The maximum absolute atomic E-state index is 11.7. The summed E-state index contributed by atoms with van der Waals surface area (Å²) in [6, 6.07) is 18.6. The summed E-state index contributed by atoms with van der Waals surface area (Å²) in [5.41, 5.74) is 4.53. The molecule has 2 aliphatic heterocycles. The number of likely N-dealkylation sites (tertiary alicyclic amines) is 1. The molecule has 0 bridgehead atoms. The van der Waals surface area contributed by atoms with Gasteiger partial charge in [0.05, 0.1) is 0 Å². The van der Waals surface area contributed by atoms with E-state index in [9.17, 15) is 9.90 Å². The molecule has 1 unspecified atom stereocenters. The third-order valence-corrected chi connectivity index (χ3v) is 7.97. The van der Waals surface area contributed by atoms with Crippen LogP contribution in [0.25, 0.3) is 22.4 Å². The van der Waals surface area contributed by atoms with Crippen molar-refractivity contribution in [3.05, 3.63) is 78.1 Å². The number of β-amino-alcohol motifs (C(OH)–C–C–N with tert-alkyl or cyclic N) is 1. The Morgan fingerprint density at radius 2 is 1.90 bits per heavy atom. The van der Waals surface area contributed by atoms with Crippen LogP contribution < -0.4 is 4.74 Å². The molecule has 2 aromatic heterocycles. The first kappa shape index (κ1) is 25.5. The summed E-state index contributed by atoms with van der Waals surface area (Å²) in [5, 5.41) is 11.7. The van der Waals surface area contributed by atoms with Crippen molar-refractivity contribution in [1.82, 2.24) is 24.3 Å². The first-order valence-corrected chi connectivity index (χ1v) is 13.8. The van der Waals surface area contributed by atoms with Crippen LogP contribution in [0.3, 0.4) is 0 Å². The molecule has 4 aromatic rings. The van der Waals surface area contributed by atoms with Crippen molar-refractivity contribution in [2.24, 2.45) is 0 Å². The zero-order valence-electron chi connectivity index (χ0n) is 22.4. The lowest BCUT2D eigenvalue weighted by Crippen LogP contribution is -2.38. The number of fused-ring (bicyclic) bond motifs is 2. The number of hydrogen-bond donors (Lipinski definition) is 1. The molecule has 8 nitrogen and oxygen atoms in total. The van der Waals surface area contributed by atoms with Crippen LogP contribution in [-0.4, -0.2) is 74.2 Å². The molecule has 202 valence electrons. The number of aromatic nitrogens is 3. The molecule has 1 amide bonds. The molecule has 0 saturated carbocycles. The summed E-state index contributed by atoms with van der Waals surface area (Å²) >= 11 is 0. The summed E-state index contributed by atoms with van der Waals surface area (Å²) < 4.78 is 8.22. The minimum Gasteiger partial charge on any atom is -0.491 e. The number of carbonyl (C=O) groups excluding carboxylic acids is 1. The first-order valence-electron chi connectivity index (χ1n) is 13.8. The fourth-order valence-corrected chi connectivity index (χ4v) is 5.81. The monoisotopic (exact) mass is 525 g/mol. The fourth-order valence-electron chi connectivity index (χ4n) is 5.81. The van der Waals surface area contributed by atoms with E-state index in [2.05, 4.69) is 51.0 Å². The lowest BCUT2D eigenvalue weighted by Gasteiger charge is -2.32. The molecule has 0 aliphatic carbocycles. The normalized spacial score (nSPS) is 17.2. The third-order valence-electron chi connectivity index (χ3n) is 7.97. The number of carbonyl (C=O) groups is 1. The average Bonchev–Trinajstić information content (AvgIpc) is 3.39. The number of nitrogens with zero attached hydrogens (tertiary/aromatic N) is 5. The highest BCUT2D eigenvalue weighted by Gasteiger charge is 2.23. The predicted octanol–water partition coefficient (Wildman–Crippen LogP) is 4.08. The highest BCUT2D eigenvalue weighted by Crippen LogP contribution is 2.29.